The Bertz CT molecular complexity index is 888. The van der Waals surface area contributed by atoms with E-state index in [0.717, 1.165) is 48.9 Å². The van der Waals surface area contributed by atoms with Crippen LogP contribution in [-0.2, 0) is 11.2 Å². The minimum Gasteiger partial charge on any atom is -0.381 e. The van der Waals surface area contributed by atoms with Gasteiger partial charge in [-0.1, -0.05) is 12.1 Å². The fourth-order valence-electron chi connectivity index (χ4n) is 3.09. The standard InChI is InChI=1S/C19H18N4O/c20-10-14-4-6-17(7-5-14)18-8-15(2-1-3-16-11-24-12-16)9-19-21-13-22-23(18)19/h4-9,13,16H,1-3,11-12H2. The first-order chi connectivity index (χ1) is 11.8. The van der Waals surface area contributed by atoms with E-state index in [4.69, 9.17) is 10.00 Å². The number of aryl methyl sites for hydroxylation is 1. The monoisotopic (exact) mass is 318 g/mol. The van der Waals surface area contributed by atoms with Gasteiger partial charge in [-0.2, -0.15) is 10.4 Å². The fourth-order valence-corrected chi connectivity index (χ4v) is 3.09. The summed E-state index contributed by atoms with van der Waals surface area (Å²) in [6.07, 6.45) is 4.98. The summed E-state index contributed by atoms with van der Waals surface area (Å²) in [5.74, 6) is 0.736. The lowest BCUT2D eigenvalue weighted by Gasteiger charge is -2.25. The Hall–Kier alpha value is -2.71. The second kappa shape index (κ2) is 6.42. The number of benzene rings is 1. The second-order valence-electron chi connectivity index (χ2n) is 6.26. The molecule has 120 valence electrons. The van der Waals surface area contributed by atoms with Gasteiger partial charge >= 0.3 is 0 Å². The molecule has 0 radical (unpaired) electrons. The first kappa shape index (κ1) is 14.9. The van der Waals surface area contributed by atoms with Gasteiger partial charge in [-0.15, -0.1) is 0 Å². The molecule has 5 nitrogen and oxygen atoms in total. The Kier molecular flexibility index (Phi) is 3.97. The van der Waals surface area contributed by atoms with Crippen molar-refractivity contribution in [1.29, 1.82) is 5.26 Å². The van der Waals surface area contributed by atoms with E-state index in [0.29, 0.717) is 5.56 Å². The summed E-state index contributed by atoms with van der Waals surface area (Å²) in [5, 5.41) is 13.3. The molecular weight excluding hydrogens is 300 g/mol. The molecule has 0 N–H and O–H groups in total. The third kappa shape index (κ3) is 2.89. The Balaban J connectivity index is 1.62. The average Bonchev–Trinajstić information content (AvgIpc) is 3.05. The molecule has 0 amide bonds. The van der Waals surface area contributed by atoms with Crippen molar-refractivity contribution in [2.75, 3.05) is 13.2 Å². The maximum atomic E-state index is 8.96. The van der Waals surface area contributed by atoms with Crippen molar-refractivity contribution in [2.45, 2.75) is 19.3 Å². The fraction of sp³-hybridized carbons (Fsp3) is 0.316. The summed E-state index contributed by atoms with van der Waals surface area (Å²) in [6.45, 7) is 1.83. The first-order valence-electron chi connectivity index (χ1n) is 8.24. The molecule has 4 rings (SSSR count). The van der Waals surface area contributed by atoms with Crippen LogP contribution >= 0.6 is 0 Å². The van der Waals surface area contributed by atoms with Crippen LogP contribution in [0.2, 0.25) is 0 Å². The molecule has 3 heterocycles. The van der Waals surface area contributed by atoms with Gasteiger partial charge in [0.2, 0.25) is 0 Å². The Morgan fingerprint density at radius 2 is 2.04 bits per heavy atom. The molecule has 0 spiro atoms. The van der Waals surface area contributed by atoms with Crippen molar-refractivity contribution in [3.8, 4) is 17.3 Å². The van der Waals surface area contributed by atoms with Gasteiger partial charge < -0.3 is 4.74 Å². The maximum Gasteiger partial charge on any atom is 0.156 e. The van der Waals surface area contributed by atoms with E-state index in [1.54, 1.807) is 6.33 Å². The smallest absolute Gasteiger partial charge is 0.156 e. The highest BCUT2D eigenvalue weighted by Gasteiger charge is 2.17. The summed E-state index contributed by atoms with van der Waals surface area (Å²) < 4.78 is 7.09. The van der Waals surface area contributed by atoms with Crippen molar-refractivity contribution in [3.05, 3.63) is 53.9 Å². The lowest BCUT2D eigenvalue weighted by Crippen LogP contribution is -2.27. The summed E-state index contributed by atoms with van der Waals surface area (Å²) in [5.41, 5.74) is 4.84. The number of aromatic nitrogens is 3. The van der Waals surface area contributed by atoms with Crippen molar-refractivity contribution in [1.82, 2.24) is 14.6 Å². The number of ether oxygens (including phenoxy) is 1. The average molecular weight is 318 g/mol. The summed E-state index contributed by atoms with van der Waals surface area (Å²) in [6, 6.07) is 14.0. The molecule has 0 saturated carbocycles. The van der Waals surface area contributed by atoms with Gasteiger partial charge in [-0.3, -0.25) is 0 Å². The zero-order valence-electron chi connectivity index (χ0n) is 13.4. The number of hydrogen-bond donors (Lipinski definition) is 0. The van der Waals surface area contributed by atoms with Crippen LogP contribution in [0.5, 0.6) is 0 Å². The Labute approximate surface area is 140 Å². The molecule has 2 aromatic heterocycles. The van der Waals surface area contributed by atoms with Crippen LogP contribution in [0.15, 0.2) is 42.7 Å². The normalized spacial score (nSPS) is 14.5. The highest BCUT2D eigenvalue weighted by Crippen LogP contribution is 2.24. The number of fused-ring (bicyclic) bond motifs is 1. The van der Waals surface area contributed by atoms with E-state index in [1.165, 1.54) is 12.0 Å². The minimum atomic E-state index is 0.660. The molecule has 5 heteroatoms. The van der Waals surface area contributed by atoms with Crippen LogP contribution < -0.4 is 0 Å². The van der Waals surface area contributed by atoms with Crippen LogP contribution in [-0.4, -0.2) is 27.8 Å². The van der Waals surface area contributed by atoms with Gasteiger partial charge in [0.15, 0.2) is 5.65 Å². The van der Waals surface area contributed by atoms with E-state index in [2.05, 4.69) is 28.3 Å². The molecule has 1 aliphatic heterocycles. The molecule has 24 heavy (non-hydrogen) atoms. The van der Waals surface area contributed by atoms with E-state index >= 15 is 0 Å². The van der Waals surface area contributed by atoms with Crippen LogP contribution in [0, 0.1) is 17.2 Å². The highest BCUT2D eigenvalue weighted by molar-refractivity contribution is 5.65. The van der Waals surface area contributed by atoms with Crippen LogP contribution in [0.1, 0.15) is 24.0 Å². The van der Waals surface area contributed by atoms with Gasteiger partial charge in [-0.05, 0) is 49.1 Å². The van der Waals surface area contributed by atoms with E-state index in [9.17, 15) is 0 Å². The third-order valence-electron chi connectivity index (χ3n) is 4.53. The van der Waals surface area contributed by atoms with Crippen LogP contribution in [0.3, 0.4) is 0 Å². The number of nitrogens with zero attached hydrogens (tertiary/aromatic N) is 4. The summed E-state index contributed by atoms with van der Waals surface area (Å²) in [4.78, 5) is 4.35. The van der Waals surface area contributed by atoms with Crippen LogP contribution in [0.4, 0.5) is 0 Å². The molecule has 0 unspecified atom stereocenters. The van der Waals surface area contributed by atoms with Gasteiger partial charge in [0.05, 0.1) is 30.5 Å². The maximum absolute atomic E-state index is 8.96. The molecule has 1 aliphatic rings. The number of pyridine rings is 1. The third-order valence-corrected chi connectivity index (χ3v) is 4.53. The zero-order valence-corrected chi connectivity index (χ0v) is 13.4. The minimum absolute atomic E-state index is 0.660. The summed E-state index contributed by atoms with van der Waals surface area (Å²) >= 11 is 0. The van der Waals surface area contributed by atoms with E-state index < -0.39 is 0 Å². The van der Waals surface area contributed by atoms with Crippen molar-refractivity contribution in [3.63, 3.8) is 0 Å². The molecule has 1 aromatic carbocycles. The number of hydrogen-bond acceptors (Lipinski definition) is 4. The predicted octanol–water partition coefficient (Wildman–Crippen LogP) is 3.24. The summed E-state index contributed by atoms with van der Waals surface area (Å²) in [7, 11) is 0. The van der Waals surface area contributed by atoms with Gasteiger partial charge in [0.1, 0.15) is 6.33 Å². The molecule has 3 aromatic rings. The lowest BCUT2D eigenvalue weighted by molar-refractivity contribution is -0.0361. The molecule has 0 aliphatic carbocycles. The molecule has 1 fully saturated rings. The molecule has 0 atom stereocenters. The van der Waals surface area contributed by atoms with Crippen molar-refractivity contribution >= 4 is 5.65 Å². The number of rotatable bonds is 5. The van der Waals surface area contributed by atoms with Gasteiger partial charge in [0.25, 0.3) is 0 Å². The molecule has 0 bridgehead atoms. The number of nitriles is 1. The topological polar surface area (TPSA) is 63.2 Å². The first-order valence-corrected chi connectivity index (χ1v) is 8.24. The highest BCUT2D eigenvalue weighted by atomic mass is 16.5. The van der Waals surface area contributed by atoms with Gasteiger partial charge in [0, 0.05) is 11.5 Å². The molecular formula is C19H18N4O. The predicted molar refractivity (Wildman–Crippen MR) is 90.4 cm³/mol. The second-order valence-corrected chi connectivity index (χ2v) is 6.26. The van der Waals surface area contributed by atoms with E-state index in [1.807, 2.05) is 28.8 Å². The Morgan fingerprint density at radius 1 is 1.21 bits per heavy atom. The van der Waals surface area contributed by atoms with Crippen LogP contribution in [0.25, 0.3) is 16.9 Å². The zero-order chi connectivity index (χ0) is 16.4. The Morgan fingerprint density at radius 3 is 2.75 bits per heavy atom. The van der Waals surface area contributed by atoms with E-state index in [-0.39, 0.29) is 0 Å². The molecule has 1 saturated heterocycles. The van der Waals surface area contributed by atoms with Crippen molar-refractivity contribution in [2.24, 2.45) is 5.92 Å². The SMILES string of the molecule is N#Cc1ccc(-c2cc(CCCC3COC3)cc3ncnn23)cc1. The van der Waals surface area contributed by atoms with Gasteiger partial charge in [-0.25, -0.2) is 9.50 Å². The lowest BCUT2D eigenvalue weighted by atomic mass is 9.98. The quantitative estimate of drug-likeness (QED) is 0.724. The van der Waals surface area contributed by atoms with Crippen molar-refractivity contribution < 1.29 is 4.74 Å². The largest absolute Gasteiger partial charge is 0.381 e.